The number of aryl methyl sites for hydroxylation is 1. The van der Waals surface area contributed by atoms with Crippen LogP contribution in [-0.4, -0.2) is 17.7 Å². The van der Waals surface area contributed by atoms with Gasteiger partial charge in [0, 0.05) is 12.1 Å². The van der Waals surface area contributed by atoms with E-state index >= 15 is 0 Å². The molecular weight excluding hydrogens is 348 g/mol. The third-order valence-electron chi connectivity index (χ3n) is 5.86. The van der Waals surface area contributed by atoms with Crippen LogP contribution in [0.2, 0.25) is 0 Å². The van der Waals surface area contributed by atoms with Crippen LogP contribution in [0.3, 0.4) is 0 Å². The van der Waals surface area contributed by atoms with Crippen LogP contribution in [0, 0.1) is 5.92 Å². The Bertz CT molecular complexity index is 890. The van der Waals surface area contributed by atoms with E-state index in [-0.39, 0.29) is 23.7 Å². The molecule has 3 atom stereocenters. The molecule has 0 fully saturated rings. The number of anilines is 1. The Hall–Kier alpha value is -2.62. The average Bonchev–Trinajstić information content (AvgIpc) is 3.07. The predicted octanol–water partition coefficient (Wildman–Crippen LogP) is 4.37. The van der Waals surface area contributed by atoms with Crippen molar-refractivity contribution in [2.24, 2.45) is 5.92 Å². The van der Waals surface area contributed by atoms with Crippen molar-refractivity contribution in [1.82, 2.24) is 5.32 Å². The van der Waals surface area contributed by atoms with Crippen molar-refractivity contribution in [1.29, 1.82) is 0 Å². The maximum absolute atomic E-state index is 13.3. The second kappa shape index (κ2) is 7.78. The maximum Gasteiger partial charge on any atom is 0.244 e. The normalized spacial score (nSPS) is 22.9. The van der Waals surface area contributed by atoms with Gasteiger partial charge in [-0.3, -0.25) is 9.59 Å². The van der Waals surface area contributed by atoms with Gasteiger partial charge in [-0.25, -0.2) is 0 Å². The Morgan fingerprint density at radius 2 is 1.79 bits per heavy atom. The van der Waals surface area contributed by atoms with Gasteiger partial charge in [-0.2, -0.15) is 0 Å². The minimum absolute atomic E-state index is 0.0174. The van der Waals surface area contributed by atoms with E-state index in [9.17, 15) is 9.59 Å². The number of para-hydroxylation sites is 1. The van der Waals surface area contributed by atoms with Crippen molar-refractivity contribution in [3.8, 4) is 0 Å². The highest BCUT2D eigenvalue weighted by molar-refractivity contribution is 6.00. The number of nitrogens with one attached hydrogen (secondary N) is 2. The second-order valence-electron chi connectivity index (χ2n) is 8.40. The van der Waals surface area contributed by atoms with Gasteiger partial charge in [-0.15, -0.1) is 0 Å². The van der Waals surface area contributed by atoms with Crippen molar-refractivity contribution in [2.75, 3.05) is 5.32 Å². The van der Waals surface area contributed by atoms with Gasteiger partial charge in [0.15, 0.2) is 0 Å². The Morgan fingerprint density at radius 3 is 2.57 bits per heavy atom. The highest BCUT2D eigenvalue weighted by atomic mass is 16.2. The summed E-state index contributed by atoms with van der Waals surface area (Å²) >= 11 is 0. The Kier molecular flexibility index (Phi) is 5.21. The minimum Gasteiger partial charge on any atom is -0.373 e. The first-order valence-corrected chi connectivity index (χ1v) is 10.3. The number of hydrogen-bond donors (Lipinski definition) is 2. The van der Waals surface area contributed by atoms with E-state index in [4.69, 9.17) is 0 Å². The van der Waals surface area contributed by atoms with E-state index in [0.29, 0.717) is 6.42 Å². The molecule has 4 rings (SSSR count). The molecule has 4 heteroatoms. The molecule has 146 valence electrons. The van der Waals surface area contributed by atoms with Crippen LogP contribution in [0.5, 0.6) is 0 Å². The molecule has 0 bridgehead atoms. The van der Waals surface area contributed by atoms with Crippen molar-refractivity contribution < 1.29 is 9.59 Å². The van der Waals surface area contributed by atoms with Crippen LogP contribution >= 0.6 is 0 Å². The van der Waals surface area contributed by atoms with Crippen molar-refractivity contribution in [2.45, 2.75) is 57.5 Å². The summed E-state index contributed by atoms with van der Waals surface area (Å²) in [7, 11) is 0. The second-order valence-corrected chi connectivity index (χ2v) is 8.40. The fourth-order valence-electron chi connectivity index (χ4n) is 4.60. The molecular formula is C24H28N2O2. The number of benzene rings is 2. The summed E-state index contributed by atoms with van der Waals surface area (Å²) in [6.45, 7) is 4.08. The largest absolute Gasteiger partial charge is 0.373 e. The molecule has 2 N–H and O–H groups in total. The number of amides is 1. The van der Waals surface area contributed by atoms with E-state index < -0.39 is 12.0 Å². The number of carbonyl (C=O) groups excluding carboxylic acids is 2. The molecule has 2 aliphatic rings. The molecule has 1 amide bonds. The van der Waals surface area contributed by atoms with Crippen molar-refractivity contribution in [3.63, 3.8) is 0 Å². The fourth-order valence-corrected chi connectivity index (χ4v) is 4.60. The zero-order valence-electron chi connectivity index (χ0n) is 16.6. The number of carbonyl (C=O) groups is 2. The molecule has 1 aliphatic heterocycles. The highest BCUT2D eigenvalue weighted by Crippen LogP contribution is 2.38. The smallest absolute Gasteiger partial charge is 0.244 e. The van der Waals surface area contributed by atoms with Crippen molar-refractivity contribution in [3.05, 3.63) is 65.2 Å². The zero-order chi connectivity index (χ0) is 19.7. The van der Waals surface area contributed by atoms with E-state index in [1.807, 2.05) is 44.2 Å². The molecule has 4 nitrogen and oxygen atoms in total. The minimum atomic E-state index is -0.544. The molecule has 2 aromatic carbocycles. The number of fused-ring (bicyclic) bond motifs is 2. The lowest BCUT2D eigenvalue weighted by atomic mass is 9.85. The quantitative estimate of drug-likeness (QED) is 0.814. The summed E-state index contributed by atoms with van der Waals surface area (Å²) in [4.78, 5) is 26.3. The Labute approximate surface area is 166 Å². The average molecular weight is 377 g/mol. The lowest BCUT2D eigenvalue weighted by Gasteiger charge is -2.28. The van der Waals surface area contributed by atoms with Gasteiger partial charge < -0.3 is 10.6 Å². The van der Waals surface area contributed by atoms with Crippen LogP contribution < -0.4 is 10.6 Å². The molecule has 0 radical (unpaired) electrons. The lowest BCUT2D eigenvalue weighted by molar-refractivity contribution is -0.128. The van der Waals surface area contributed by atoms with Crippen LogP contribution in [-0.2, 0) is 16.0 Å². The van der Waals surface area contributed by atoms with Crippen LogP contribution in [0.15, 0.2) is 48.5 Å². The zero-order valence-corrected chi connectivity index (χ0v) is 16.6. The molecule has 0 aromatic heterocycles. The molecule has 28 heavy (non-hydrogen) atoms. The van der Waals surface area contributed by atoms with Crippen LogP contribution in [0.4, 0.5) is 5.69 Å². The van der Waals surface area contributed by atoms with E-state index in [1.165, 1.54) is 11.1 Å². The predicted molar refractivity (Wildman–Crippen MR) is 111 cm³/mol. The van der Waals surface area contributed by atoms with Gasteiger partial charge in [-0.1, -0.05) is 56.3 Å². The molecule has 3 unspecified atom stereocenters. The number of hydrogen-bond acceptors (Lipinski definition) is 3. The van der Waals surface area contributed by atoms with Gasteiger partial charge in [-0.05, 0) is 47.9 Å². The third kappa shape index (κ3) is 3.56. The van der Waals surface area contributed by atoms with E-state index in [1.54, 1.807) is 0 Å². The van der Waals surface area contributed by atoms with Crippen LogP contribution in [0.1, 0.15) is 61.8 Å². The van der Waals surface area contributed by atoms with Gasteiger partial charge in [0.25, 0.3) is 0 Å². The topological polar surface area (TPSA) is 58.2 Å². The van der Waals surface area contributed by atoms with Gasteiger partial charge >= 0.3 is 0 Å². The summed E-state index contributed by atoms with van der Waals surface area (Å²) < 4.78 is 0. The number of rotatable bonds is 5. The number of ketones is 1. The first-order chi connectivity index (χ1) is 13.5. The molecule has 0 spiro atoms. The van der Waals surface area contributed by atoms with Gasteiger partial charge in [0.2, 0.25) is 5.91 Å². The lowest BCUT2D eigenvalue weighted by Crippen LogP contribution is -2.44. The molecule has 1 aliphatic carbocycles. The Balaban J connectivity index is 1.57. The number of Topliss-reactive ketones (excluding diaryl/α,β-unsaturated/α-hetero) is 1. The van der Waals surface area contributed by atoms with E-state index in [0.717, 1.165) is 30.5 Å². The Morgan fingerprint density at radius 1 is 1.07 bits per heavy atom. The summed E-state index contributed by atoms with van der Waals surface area (Å²) in [6.07, 6.45) is 3.55. The molecule has 1 heterocycles. The maximum atomic E-state index is 13.3. The van der Waals surface area contributed by atoms with Crippen molar-refractivity contribution >= 4 is 17.4 Å². The first kappa shape index (κ1) is 18.7. The van der Waals surface area contributed by atoms with Crippen LogP contribution in [0.25, 0.3) is 0 Å². The molecule has 0 saturated heterocycles. The highest BCUT2D eigenvalue weighted by Gasteiger charge is 2.41. The SMILES string of the molecule is CC(C)CC(=O)C1c2ccccc2NC1C(=O)NC1CCCc2ccccc21. The first-order valence-electron chi connectivity index (χ1n) is 10.3. The summed E-state index contributed by atoms with van der Waals surface area (Å²) in [6, 6.07) is 15.6. The summed E-state index contributed by atoms with van der Waals surface area (Å²) in [5.74, 6) is -0.0942. The molecule has 2 aromatic rings. The fraction of sp³-hybridized carbons (Fsp3) is 0.417. The van der Waals surface area contributed by atoms with E-state index in [2.05, 4.69) is 28.8 Å². The monoisotopic (exact) mass is 376 g/mol. The summed E-state index contributed by atoms with van der Waals surface area (Å²) in [5, 5.41) is 6.56. The van der Waals surface area contributed by atoms with Gasteiger partial charge in [0.05, 0.1) is 12.0 Å². The standard InChI is InChI=1S/C24H28N2O2/c1-15(2)14-21(27)22-18-11-5-6-12-20(18)25-23(22)24(28)26-19-13-7-9-16-8-3-4-10-17(16)19/h3-6,8,10-12,15,19,22-23,25H,7,9,13-14H2,1-2H3,(H,26,28). The third-order valence-corrected chi connectivity index (χ3v) is 5.86. The summed E-state index contributed by atoms with van der Waals surface area (Å²) in [5.41, 5.74) is 4.36. The van der Waals surface area contributed by atoms with Gasteiger partial charge in [0.1, 0.15) is 11.8 Å². The molecule has 0 saturated carbocycles.